The lowest BCUT2D eigenvalue weighted by atomic mass is 10.4. The number of hydrogen-bond acceptors (Lipinski definition) is 3. The second-order valence-electron chi connectivity index (χ2n) is 2.92. The summed E-state index contributed by atoms with van der Waals surface area (Å²) in [7, 11) is 0. The van der Waals surface area contributed by atoms with Crippen molar-refractivity contribution >= 4 is 23.5 Å². The van der Waals surface area contributed by atoms with Crippen molar-refractivity contribution in [1.29, 1.82) is 0 Å². The van der Waals surface area contributed by atoms with Crippen molar-refractivity contribution in [3.05, 3.63) is 30.3 Å². The minimum atomic E-state index is -0.640. The molecule has 2 amide bonds. The Labute approximate surface area is 92.9 Å². The molecule has 15 heavy (non-hydrogen) atoms. The summed E-state index contributed by atoms with van der Waals surface area (Å²) in [6.45, 7) is 1.84. The molecule has 0 aliphatic carbocycles. The fourth-order valence-corrected chi connectivity index (χ4v) is 1.68. The van der Waals surface area contributed by atoms with Crippen LogP contribution in [0.3, 0.4) is 0 Å². The molecule has 0 atom stereocenters. The van der Waals surface area contributed by atoms with E-state index in [1.807, 2.05) is 37.3 Å². The second-order valence-corrected chi connectivity index (χ2v) is 3.97. The van der Waals surface area contributed by atoms with E-state index in [0.717, 1.165) is 11.5 Å². The van der Waals surface area contributed by atoms with Crippen LogP contribution in [-0.4, -0.2) is 17.5 Å². The van der Waals surface area contributed by atoms with E-state index < -0.39 is 6.03 Å². The van der Waals surface area contributed by atoms with E-state index in [-0.39, 0.29) is 0 Å². The van der Waals surface area contributed by atoms with Gasteiger partial charge in [-0.3, -0.25) is 0 Å². The molecule has 0 spiro atoms. The van der Waals surface area contributed by atoms with Crippen molar-refractivity contribution < 1.29 is 4.79 Å². The number of hydrazone groups is 1. The SMILES string of the molecule is C/C(CSc1ccccc1)=N/NC(N)=O. The van der Waals surface area contributed by atoms with Crippen LogP contribution < -0.4 is 11.2 Å². The van der Waals surface area contributed by atoms with E-state index >= 15 is 0 Å². The number of primary amides is 1. The Morgan fingerprint density at radius 2 is 2.13 bits per heavy atom. The largest absolute Gasteiger partial charge is 0.350 e. The van der Waals surface area contributed by atoms with Crippen molar-refractivity contribution in [2.75, 3.05) is 5.75 Å². The van der Waals surface area contributed by atoms with Gasteiger partial charge in [-0.05, 0) is 19.1 Å². The maximum atomic E-state index is 10.4. The topological polar surface area (TPSA) is 67.5 Å². The smallest absolute Gasteiger partial charge is 0.332 e. The van der Waals surface area contributed by atoms with Gasteiger partial charge in [0.2, 0.25) is 0 Å². The summed E-state index contributed by atoms with van der Waals surface area (Å²) in [6.07, 6.45) is 0. The number of carbonyl (C=O) groups excluding carboxylic acids is 1. The van der Waals surface area contributed by atoms with Crippen molar-refractivity contribution in [3.63, 3.8) is 0 Å². The summed E-state index contributed by atoms with van der Waals surface area (Å²) >= 11 is 1.66. The highest BCUT2D eigenvalue weighted by molar-refractivity contribution is 8.00. The molecular formula is C10H13N3OS. The molecule has 80 valence electrons. The van der Waals surface area contributed by atoms with E-state index in [9.17, 15) is 4.79 Å². The van der Waals surface area contributed by atoms with Gasteiger partial charge in [0.05, 0.1) is 0 Å². The summed E-state index contributed by atoms with van der Waals surface area (Å²) in [4.78, 5) is 11.5. The molecule has 1 aromatic carbocycles. The number of carbonyl (C=O) groups is 1. The third-order valence-electron chi connectivity index (χ3n) is 1.55. The first-order valence-corrected chi connectivity index (χ1v) is 5.43. The van der Waals surface area contributed by atoms with Crippen LogP contribution >= 0.6 is 11.8 Å². The quantitative estimate of drug-likeness (QED) is 0.464. The number of urea groups is 1. The van der Waals surface area contributed by atoms with Gasteiger partial charge in [0, 0.05) is 16.4 Å². The van der Waals surface area contributed by atoms with Gasteiger partial charge in [-0.25, -0.2) is 10.2 Å². The lowest BCUT2D eigenvalue weighted by Gasteiger charge is -2.01. The van der Waals surface area contributed by atoms with E-state index in [1.165, 1.54) is 4.90 Å². The number of nitrogens with zero attached hydrogens (tertiary/aromatic N) is 1. The van der Waals surface area contributed by atoms with Crippen molar-refractivity contribution in [3.8, 4) is 0 Å². The molecule has 0 heterocycles. The van der Waals surface area contributed by atoms with Crippen LogP contribution in [0.1, 0.15) is 6.92 Å². The summed E-state index contributed by atoms with van der Waals surface area (Å²) in [6, 6.07) is 9.35. The van der Waals surface area contributed by atoms with Crippen LogP contribution in [0.15, 0.2) is 40.3 Å². The average molecular weight is 223 g/mol. The Kier molecular flexibility index (Phi) is 4.70. The molecule has 5 heteroatoms. The molecule has 1 rings (SSSR count). The van der Waals surface area contributed by atoms with Crippen LogP contribution in [-0.2, 0) is 0 Å². The Bertz CT molecular complexity index is 351. The standard InChI is InChI=1S/C10H13N3OS/c1-8(12-13-10(11)14)7-15-9-5-3-2-4-6-9/h2-6H,7H2,1H3,(H3,11,13,14)/b12-8-. The van der Waals surface area contributed by atoms with Crippen LogP contribution in [0.4, 0.5) is 4.79 Å². The van der Waals surface area contributed by atoms with E-state index in [2.05, 4.69) is 10.5 Å². The molecule has 0 saturated heterocycles. The predicted molar refractivity (Wildman–Crippen MR) is 63.0 cm³/mol. The molecule has 0 aromatic heterocycles. The van der Waals surface area contributed by atoms with Gasteiger partial charge >= 0.3 is 6.03 Å². The van der Waals surface area contributed by atoms with Gasteiger partial charge in [0.15, 0.2) is 0 Å². The zero-order chi connectivity index (χ0) is 11.1. The summed E-state index contributed by atoms with van der Waals surface area (Å²) < 4.78 is 0. The summed E-state index contributed by atoms with van der Waals surface area (Å²) in [5.41, 5.74) is 7.90. The highest BCUT2D eigenvalue weighted by Crippen LogP contribution is 2.16. The number of nitrogens with one attached hydrogen (secondary N) is 1. The molecule has 0 saturated carbocycles. The molecule has 3 N–H and O–H groups in total. The Hall–Kier alpha value is -1.49. The van der Waals surface area contributed by atoms with E-state index in [4.69, 9.17) is 5.73 Å². The van der Waals surface area contributed by atoms with Gasteiger partial charge in [0.25, 0.3) is 0 Å². The van der Waals surface area contributed by atoms with Gasteiger partial charge in [-0.15, -0.1) is 11.8 Å². The molecule has 0 bridgehead atoms. The van der Waals surface area contributed by atoms with E-state index in [0.29, 0.717) is 0 Å². The van der Waals surface area contributed by atoms with Gasteiger partial charge in [-0.1, -0.05) is 18.2 Å². The van der Waals surface area contributed by atoms with Crippen molar-refractivity contribution in [2.45, 2.75) is 11.8 Å². The lowest BCUT2D eigenvalue weighted by Crippen LogP contribution is -2.25. The molecule has 0 aliphatic rings. The van der Waals surface area contributed by atoms with E-state index in [1.54, 1.807) is 11.8 Å². The fraction of sp³-hybridized carbons (Fsp3) is 0.200. The highest BCUT2D eigenvalue weighted by atomic mass is 32.2. The number of hydrogen-bond donors (Lipinski definition) is 2. The van der Waals surface area contributed by atoms with Crippen LogP contribution in [0.5, 0.6) is 0 Å². The molecule has 1 aromatic rings. The average Bonchev–Trinajstić information content (AvgIpc) is 2.25. The van der Waals surface area contributed by atoms with Crippen molar-refractivity contribution in [2.24, 2.45) is 10.8 Å². The number of rotatable bonds is 4. The molecule has 0 fully saturated rings. The first-order chi connectivity index (χ1) is 7.18. The third kappa shape index (κ3) is 5.07. The Balaban J connectivity index is 2.37. The third-order valence-corrected chi connectivity index (χ3v) is 2.72. The summed E-state index contributed by atoms with van der Waals surface area (Å²) in [5, 5.41) is 3.81. The molecule has 0 radical (unpaired) electrons. The number of benzene rings is 1. The predicted octanol–water partition coefficient (Wildman–Crippen LogP) is 1.82. The Morgan fingerprint density at radius 1 is 1.47 bits per heavy atom. The van der Waals surface area contributed by atoms with Crippen LogP contribution in [0.2, 0.25) is 0 Å². The number of amides is 2. The lowest BCUT2D eigenvalue weighted by molar-refractivity contribution is 0.249. The van der Waals surface area contributed by atoms with Crippen LogP contribution in [0, 0.1) is 0 Å². The minimum Gasteiger partial charge on any atom is -0.350 e. The van der Waals surface area contributed by atoms with Crippen LogP contribution in [0.25, 0.3) is 0 Å². The van der Waals surface area contributed by atoms with Gasteiger partial charge in [0.1, 0.15) is 0 Å². The maximum Gasteiger partial charge on any atom is 0.332 e. The van der Waals surface area contributed by atoms with Crippen molar-refractivity contribution in [1.82, 2.24) is 5.43 Å². The highest BCUT2D eigenvalue weighted by Gasteiger charge is 1.96. The zero-order valence-electron chi connectivity index (χ0n) is 8.43. The first-order valence-electron chi connectivity index (χ1n) is 4.45. The monoisotopic (exact) mass is 223 g/mol. The molecular weight excluding hydrogens is 210 g/mol. The first kappa shape index (κ1) is 11.6. The molecule has 0 aliphatic heterocycles. The maximum absolute atomic E-state index is 10.4. The molecule has 0 unspecified atom stereocenters. The number of nitrogens with two attached hydrogens (primary N) is 1. The zero-order valence-corrected chi connectivity index (χ0v) is 9.25. The Morgan fingerprint density at radius 3 is 2.73 bits per heavy atom. The van der Waals surface area contributed by atoms with Gasteiger partial charge in [-0.2, -0.15) is 5.10 Å². The molecule has 4 nitrogen and oxygen atoms in total. The second kappa shape index (κ2) is 6.08. The fourth-order valence-electron chi connectivity index (χ4n) is 0.887. The summed E-state index contributed by atoms with van der Waals surface area (Å²) in [5.74, 6) is 0.726. The number of thioether (sulfide) groups is 1. The normalized spacial score (nSPS) is 11.1. The minimum absolute atomic E-state index is 0.640. The van der Waals surface area contributed by atoms with Gasteiger partial charge < -0.3 is 5.73 Å².